The predicted octanol–water partition coefficient (Wildman–Crippen LogP) is 3.54. The van der Waals surface area contributed by atoms with E-state index in [2.05, 4.69) is 12.2 Å². The molecule has 0 aliphatic rings. The summed E-state index contributed by atoms with van der Waals surface area (Å²) in [4.78, 5) is 10.1. The van der Waals surface area contributed by atoms with Gasteiger partial charge in [0.05, 0.1) is 9.95 Å². The van der Waals surface area contributed by atoms with Gasteiger partial charge in [0.15, 0.2) is 0 Å². The van der Waals surface area contributed by atoms with Gasteiger partial charge in [-0.3, -0.25) is 10.1 Å². The third-order valence-corrected chi connectivity index (χ3v) is 3.20. The van der Waals surface area contributed by atoms with E-state index in [0.717, 1.165) is 44.6 Å². The Bertz CT molecular complexity index is 427. The molecule has 0 unspecified atom stereocenters. The zero-order chi connectivity index (χ0) is 14.8. The Morgan fingerprint density at radius 3 is 2.75 bits per heavy atom. The maximum absolute atomic E-state index is 10.6. The fraction of sp³-hybridized carbons (Fsp3) is 0.571. The fourth-order valence-corrected chi connectivity index (χ4v) is 1.91. The normalized spacial score (nSPS) is 10.7. The van der Waals surface area contributed by atoms with E-state index < -0.39 is 4.92 Å². The number of nitro benzene ring substituents is 1. The second-order valence-corrected chi connectivity index (χ2v) is 4.94. The Morgan fingerprint density at radius 2 is 2.10 bits per heavy atom. The molecule has 0 atom stereocenters. The summed E-state index contributed by atoms with van der Waals surface area (Å²) < 4.78 is 5.45. The van der Waals surface area contributed by atoms with Crippen LogP contribution in [0.15, 0.2) is 18.2 Å². The largest absolute Gasteiger partial charge is 0.381 e. The Kier molecular flexibility index (Phi) is 8.18. The van der Waals surface area contributed by atoms with Crippen LogP contribution >= 0.6 is 11.6 Å². The Morgan fingerprint density at radius 1 is 1.35 bits per heavy atom. The van der Waals surface area contributed by atoms with Crippen molar-refractivity contribution < 1.29 is 9.66 Å². The number of hydrogen-bond acceptors (Lipinski definition) is 4. The first-order valence-electron chi connectivity index (χ1n) is 6.86. The van der Waals surface area contributed by atoms with Gasteiger partial charge in [-0.25, -0.2) is 0 Å². The van der Waals surface area contributed by atoms with Gasteiger partial charge in [-0.1, -0.05) is 24.9 Å². The summed E-state index contributed by atoms with van der Waals surface area (Å²) in [6.45, 7) is 5.15. The van der Waals surface area contributed by atoms with E-state index in [1.807, 2.05) is 0 Å². The summed E-state index contributed by atoms with van der Waals surface area (Å²) in [7, 11) is 0. The number of ether oxygens (including phenoxy) is 1. The number of nitrogens with zero attached hydrogens (tertiary/aromatic N) is 1. The van der Waals surface area contributed by atoms with Crippen LogP contribution in [0.25, 0.3) is 0 Å². The van der Waals surface area contributed by atoms with Crippen molar-refractivity contribution >= 4 is 17.3 Å². The average molecular weight is 301 g/mol. The van der Waals surface area contributed by atoms with Crippen LogP contribution in [0.1, 0.15) is 31.7 Å². The van der Waals surface area contributed by atoms with Crippen LogP contribution in [0.4, 0.5) is 5.69 Å². The van der Waals surface area contributed by atoms with Gasteiger partial charge in [0.1, 0.15) is 0 Å². The quantitative estimate of drug-likeness (QED) is 0.408. The molecule has 112 valence electrons. The Labute approximate surface area is 124 Å². The number of benzene rings is 1. The molecule has 0 saturated carbocycles. The molecule has 5 nitrogen and oxygen atoms in total. The second-order valence-electron chi connectivity index (χ2n) is 4.53. The molecule has 1 rings (SSSR count). The van der Waals surface area contributed by atoms with Gasteiger partial charge >= 0.3 is 0 Å². The number of nitrogens with one attached hydrogen (secondary N) is 1. The molecule has 0 aliphatic carbocycles. The summed E-state index contributed by atoms with van der Waals surface area (Å²) in [6, 6.07) is 4.54. The SMILES string of the molecule is CCCCOCCCNCc1ccc([N+](=O)[O-])cc1Cl. The maximum atomic E-state index is 10.6. The highest BCUT2D eigenvalue weighted by Crippen LogP contribution is 2.22. The number of halogens is 1. The smallest absolute Gasteiger partial charge is 0.270 e. The van der Waals surface area contributed by atoms with Gasteiger partial charge in [-0.15, -0.1) is 0 Å². The molecule has 1 aromatic rings. The van der Waals surface area contributed by atoms with Crippen molar-refractivity contribution in [2.45, 2.75) is 32.7 Å². The lowest BCUT2D eigenvalue weighted by molar-refractivity contribution is -0.384. The van der Waals surface area contributed by atoms with Gasteiger partial charge in [0, 0.05) is 31.9 Å². The van der Waals surface area contributed by atoms with Crippen molar-refractivity contribution in [1.82, 2.24) is 5.32 Å². The van der Waals surface area contributed by atoms with Crippen LogP contribution in [0.5, 0.6) is 0 Å². The Balaban J connectivity index is 2.20. The molecule has 0 heterocycles. The highest BCUT2D eigenvalue weighted by atomic mass is 35.5. The predicted molar refractivity (Wildman–Crippen MR) is 80.2 cm³/mol. The van der Waals surface area contributed by atoms with Gasteiger partial charge in [-0.05, 0) is 31.0 Å². The first-order chi connectivity index (χ1) is 9.65. The van der Waals surface area contributed by atoms with Crippen LogP contribution in [0.3, 0.4) is 0 Å². The molecular formula is C14H21ClN2O3. The molecule has 0 bridgehead atoms. The minimum Gasteiger partial charge on any atom is -0.381 e. The molecule has 6 heteroatoms. The molecule has 1 N–H and O–H groups in total. The van der Waals surface area contributed by atoms with Gasteiger partial charge in [-0.2, -0.15) is 0 Å². The van der Waals surface area contributed by atoms with E-state index in [1.165, 1.54) is 12.1 Å². The van der Waals surface area contributed by atoms with Crippen LogP contribution in [-0.4, -0.2) is 24.7 Å². The van der Waals surface area contributed by atoms with E-state index >= 15 is 0 Å². The van der Waals surface area contributed by atoms with E-state index in [-0.39, 0.29) is 5.69 Å². The topological polar surface area (TPSA) is 64.4 Å². The summed E-state index contributed by atoms with van der Waals surface area (Å²) >= 11 is 6.00. The second kappa shape index (κ2) is 9.69. The molecule has 0 spiro atoms. The zero-order valence-electron chi connectivity index (χ0n) is 11.7. The molecule has 0 saturated heterocycles. The number of non-ortho nitro benzene ring substituents is 1. The highest BCUT2D eigenvalue weighted by molar-refractivity contribution is 6.31. The lowest BCUT2D eigenvalue weighted by Gasteiger charge is -2.07. The lowest BCUT2D eigenvalue weighted by atomic mass is 10.2. The number of hydrogen-bond donors (Lipinski definition) is 1. The fourth-order valence-electron chi connectivity index (χ4n) is 1.66. The van der Waals surface area contributed by atoms with Gasteiger partial charge in [0.25, 0.3) is 5.69 Å². The van der Waals surface area contributed by atoms with E-state index in [9.17, 15) is 10.1 Å². The van der Waals surface area contributed by atoms with Crippen molar-refractivity contribution in [3.8, 4) is 0 Å². The molecule has 0 radical (unpaired) electrons. The first kappa shape index (κ1) is 16.9. The third kappa shape index (κ3) is 6.32. The van der Waals surface area contributed by atoms with E-state index in [1.54, 1.807) is 6.07 Å². The molecular weight excluding hydrogens is 280 g/mol. The van der Waals surface area contributed by atoms with E-state index in [4.69, 9.17) is 16.3 Å². The van der Waals surface area contributed by atoms with Crippen LogP contribution in [0.2, 0.25) is 5.02 Å². The minimum atomic E-state index is -0.448. The molecule has 0 fully saturated rings. The summed E-state index contributed by atoms with van der Waals surface area (Å²) in [5.74, 6) is 0. The van der Waals surface area contributed by atoms with Crippen LogP contribution in [0, 0.1) is 10.1 Å². The molecule has 1 aromatic carbocycles. The summed E-state index contributed by atoms with van der Waals surface area (Å²) in [5.41, 5.74) is 0.882. The Hall–Kier alpha value is -1.17. The molecule has 20 heavy (non-hydrogen) atoms. The standard InChI is InChI=1S/C14H21ClN2O3/c1-2-3-8-20-9-4-7-16-11-12-5-6-13(17(18)19)10-14(12)15/h5-6,10,16H,2-4,7-9,11H2,1H3. The van der Waals surface area contributed by atoms with Crippen molar-refractivity contribution in [2.75, 3.05) is 19.8 Å². The number of nitro groups is 1. The minimum absolute atomic E-state index is 0.0167. The monoisotopic (exact) mass is 300 g/mol. The van der Waals surface area contributed by atoms with E-state index in [0.29, 0.717) is 11.6 Å². The van der Waals surface area contributed by atoms with Crippen molar-refractivity contribution in [2.24, 2.45) is 0 Å². The molecule has 0 aromatic heterocycles. The highest BCUT2D eigenvalue weighted by Gasteiger charge is 2.08. The van der Waals surface area contributed by atoms with Crippen molar-refractivity contribution in [3.05, 3.63) is 38.9 Å². The third-order valence-electron chi connectivity index (χ3n) is 2.85. The van der Waals surface area contributed by atoms with Crippen molar-refractivity contribution in [1.29, 1.82) is 0 Å². The summed E-state index contributed by atoms with van der Waals surface area (Å²) in [5, 5.41) is 14.3. The number of rotatable bonds is 10. The first-order valence-corrected chi connectivity index (χ1v) is 7.24. The zero-order valence-corrected chi connectivity index (χ0v) is 12.5. The maximum Gasteiger partial charge on any atom is 0.270 e. The van der Waals surface area contributed by atoms with Crippen LogP contribution in [-0.2, 0) is 11.3 Å². The lowest BCUT2D eigenvalue weighted by Crippen LogP contribution is -2.16. The number of unbranched alkanes of at least 4 members (excludes halogenated alkanes) is 1. The van der Waals surface area contributed by atoms with Crippen LogP contribution < -0.4 is 5.32 Å². The average Bonchev–Trinajstić information content (AvgIpc) is 2.43. The summed E-state index contributed by atoms with van der Waals surface area (Å²) in [6.07, 6.45) is 3.19. The van der Waals surface area contributed by atoms with Crippen molar-refractivity contribution in [3.63, 3.8) is 0 Å². The van der Waals surface area contributed by atoms with Gasteiger partial charge in [0.2, 0.25) is 0 Å². The van der Waals surface area contributed by atoms with Gasteiger partial charge < -0.3 is 10.1 Å². The molecule has 0 aliphatic heterocycles. The molecule has 0 amide bonds.